The number of aryl methyl sites for hydroxylation is 1. The lowest BCUT2D eigenvalue weighted by Crippen LogP contribution is -1.80. The number of rotatable bonds is 2. The molecule has 2 aromatic rings. The van der Waals surface area contributed by atoms with Gasteiger partial charge in [-0.25, -0.2) is 0 Å². The molecule has 0 radical (unpaired) electrons. The summed E-state index contributed by atoms with van der Waals surface area (Å²) in [5.41, 5.74) is 3.23. The molecule has 2 heteroatoms. The molecule has 0 N–H and O–H groups in total. The van der Waals surface area contributed by atoms with Crippen LogP contribution >= 0.6 is 11.3 Å². The minimum absolute atomic E-state index is 0.768. The van der Waals surface area contributed by atoms with Gasteiger partial charge in [-0.15, -0.1) is 11.3 Å². The van der Waals surface area contributed by atoms with E-state index in [0.29, 0.717) is 0 Å². The molecule has 88 valence electrons. The molecule has 0 amide bonds. The van der Waals surface area contributed by atoms with E-state index in [0.717, 1.165) is 22.4 Å². The van der Waals surface area contributed by atoms with Crippen molar-refractivity contribution >= 4 is 11.3 Å². The molecule has 1 heterocycles. The summed E-state index contributed by atoms with van der Waals surface area (Å²) < 4.78 is 0. The molecular formula is C15H17NS. The summed E-state index contributed by atoms with van der Waals surface area (Å²) in [5.74, 6) is 0. The maximum Gasteiger partial charge on any atom is 0.101 e. The molecule has 0 aliphatic carbocycles. The van der Waals surface area contributed by atoms with Crippen LogP contribution in [0, 0.1) is 11.3 Å². The normalized spacial score (nSPS) is 9.06. The van der Waals surface area contributed by atoms with Gasteiger partial charge in [0.1, 0.15) is 6.07 Å². The van der Waals surface area contributed by atoms with Gasteiger partial charge < -0.3 is 0 Å². The zero-order valence-electron chi connectivity index (χ0n) is 10.5. The summed E-state index contributed by atoms with van der Waals surface area (Å²) in [6.07, 6.45) is 1.05. The summed E-state index contributed by atoms with van der Waals surface area (Å²) in [7, 11) is 0. The highest BCUT2D eigenvalue weighted by atomic mass is 32.1. The van der Waals surface area contributed by atoms with Gasteiger partial charge in [0, 0.05) is 0 Å². The zero-order chi connectivity index (χ0) is 12.7. The van der Waals surface area contributed by atoms with E-state index < -0.39 is 0 Å². The first-order valence-electron chi connectivity index (χ1n) is 5.92. The van der Waals surface area contributed by atoms with Crippen molar-refractivity contribution in [1.82, 2.24) is 0 Å². The van der Waals surface area contributed by atoms with Gasteiger partial charge in [-0.2, -0.15) is 5.26 Å². The third-order valence-electron chi connectivity index (χ3n) is 2.41. The fourth-order valence-electron chi connectivity index (χ4n) is 1.51. The number of thiophene rings is 1. The van der Waals surface area contributed by atoms with E-state index in [1.54, 1.807) is 11.3 Å². The van der Waals surface area contributed by atoms with Crippen LogP contribution in [-0.4, -0.2) is 0 Å². The summed E-state index contributed by atoms with van der Waals surface area (Å²) in [4.78, 5) is 1.07. The SMILES string of the molecule is CC.CCc1ccc(-c2sccc2C#N)cc1. The van der Waals surface area contributed by atoms with E-state index in [-0.39, 0.29) is 0 Å². The van der Waals surface area contributed by atoms with Crippen molar-refractivity contribution in [3.8, 4) is 16.5 Å². The molecule has 0 saturated heterocycles. The van der Waals surface area contributed by atoms with Crippen LogP contribution in [0.4, 0.5) is 0 Å². The van der Waals surface area contributed by atoms with Crippen molar-refractivity contribution < 1.29 is 0 Å². The van der Waals surface area contributed by atoms with Gasteiger partial charge in [-0.05, 0) is 29.0 Å². The van der Waals surface area contributed by atoms with Gasteiger partial charge in [-0.1, -0.05) is 45.0 Å². The molecule has 0 unspecified atom stereocenters. The zero-order valence-corrected chi connectivity index (χ0v) is 11.3. The van der Waals surface area contributed by atoms with Gasteiger partial charge in [0.15, 0.2) is 0 Å². The smallest absolute Gasteiger partial charge is 0.101 e. The van der Waals surface area contributed by atoms with Gasteiger partial charge in [0.25, 0.3) is 0 Å². The Kier molecular flexibility index (Phi) is 5.45. The van der Waals surface area contributed by atoms with Crippen LogP contribution in [0.2, 0.25) is 0 Å². The molecule has 0 aliphatic heterocycles. The first-order chi connectivity index (χ1) is 8.35. The van der Waals surface area contributed by atoms with Crippen LogP contribution in [0.1, 0.15) is 31.9 Å². The summed E-state index contributed by atoms with van der Waals surface area (Å²) in [6, 6.07) is 12.5. The first-order valence-corrected chi connectivity index (χ1v) is 6.80. The molecule has 2 rings (SSSR count). The Bertz CT molecular complexity index is 488. The van der Waals surface area contributed by atoms with E-state index in [1.807, 2.05) is 25.3 Å². The Hall–Kier alpha value is -1.59. The predicted octanol–water partition coefficient (Wildman–Crippen LogP) is 4.88. The highest BCUT2D eigenvalue weighted by molar-refractivity contribution is 7.13. The van der Waals surface area contributed by atoms with Crippen LogP contribution in [-0.2, 0) is 6.42 Å². The Morgan fingerprint density at radius 2 is 1.76 bits per heavy atom. The third-order valence-corrected chi connectivity index (χ3v) is 3.37. The lowest BCUT2D eigenvalue weighted by atomic mass is 10.1. The van der Waals surface area contributed by atoms with E-state index in [4.69, 9.17) is 5.26 Å². The maximum absolute atomic E-state index is 8.93. The van der Waals surface area contributed by atoms with Crippen LogP contribution in [0.25, 0.3) is 10.4 Å². The van der Waals surface area contributed by atoms with E-state index in [9.17, 15) is 0 Å². The minimum Gasteiger partial charge on any atom is -0.192 e. The van der Waals surface area contributed by atoms with Crippen LogP contribution in [0.3, 0.4) is 0 Å². The number of nitrogens with zero attached hydrogens (tertiary/aromatic N) is 1. The van der Waals surface area contributed by atoms with Crippen molar-refractivity contribution in [2.24, 2.45) is 0 Å². The second kappa shape index (κ2) is 6.88. The van der Waals surface area contributed by atoms with Crippen molar-refractivity contribution in [1.29, 1.82) is 5.26 Å². The molecule has 0 bridgehead atoms. The van der Waals surface area contributed by atoms with Crippen LogP contribution < -0.4 is 0 Å². The minimum atomic E-state index is 0.768. The molecule has 0 saturated carbocycles. The van der Waals surface area contributed by atoms with Crippen molar-refractivity contribution in [3.63, 3.8) is 0 Å². The number of hydrogen-bond acceptors (Lipinski definition) is 2. The molecule has 17 heavy (non-hydrogen) atoms. The number of hydrogen-bond donors (Lipinski definition) is 0. The Morgan fingerprint density at radius 3 is 2.29 bits per heavy atom. The molecule has 0 fully saturated rings. The monoisotopic (exact) mass is 243 g/mol. The Labute approximate surface area is 107 Å². The molecule has 1 aromatic carbocycles. The fourth-order valence-corrected chi connectivity index (χ4v) is 2.37. The lowest BCUT2D eigenvalue weighted by Gasteiger charge is -2.00. The fraction of sp³-hybridized carbons (Fsp3) is 0.267. The van der Waals surface area contributed by atoms with Gasteiger partial charge >= 0.3 is 0 Å². The van der Waals surface area contributed by atoms with Crippen molar-refractivity contribution in [2.45, 2.75) is 27.2 Å². The average Bonchev–Trinajstić information content (AvgIpc) is 2.89. The standard InChI is InChI=1S/C13H11NS.C2H6/c1-2-10-3-5-11(6-4-10)13-12(9-14)7-8-15-13;1-2/h3-8H,2H2,1H3;1-2H3. The number of benzene rings is 1. The number of nitriles is 1. The van der Waals surface area contributed by atoms with E-state index in [2.05, 4.69) is 37.3 Å². The maximum atomic E-state index is 8.93. The van der Waals surface area contributed by atoms with Gasteiger partial charge in [0.2, 0.25) is 0 Å². The first kappa shape index (κ1) is 13.5. The quantitative estimate of drug-likeness (QED) is 0.737. The summed E-state index contributed by atoms with van der Waals surface area (Å²) >= 11 is 1.62. The Morgan fingerprint density at radius 1 is 1.12 bits per heavy atom. The average molecular weight is 243 g/mol. The second-order valence-corrected chi connectivity index (χ2v) is 4.24. The molecule has 0 aliphatic rings. The predicted molar refractivity (Wildman–Crippen MR) is 75.2 cm³/mol. The van der Waals surface area contributed by atoms with Crippen molar-refractivity contribution in [3.05, 3.63) is 46.8 Å². The largest absolute Gasteiger partial charge is 0.192 e. The van der Waals surface area contributed by atoms with Crippen LogP contribution in [0.15, 0.2) is 35.7 Å². The Balaban J connectivity index is 0.000000686. The van der Waals surface area contributed by atoms with Gasteiger partial charge in [-0.3, -0.25) is 0 Å². The highest BCUT2D eigenvalue weighted by Crippen LogP contribution is 2.29. The topological polar surface area (TPSA) is 23.8 Å². The third kappa shape index (κ3) is 3.18. The highest BCUT2D eigenvalue weighted by Gasteiger charge is 2.05. The van der Waals surface area contributed by atoms with Gasteiger partial charge in [0.05, 0.1) is 10.4 Å². The van der Waals surface area contributed by atoms with E-state index >= 15 is 0 Å². The molecule has 1 aromatic heterocycles. The summed E-state index contributed by atoms with van der Waals surface area (Å²) in [6.45, 7) is 6.14. The van der Waals surface area contributed by atoms with Crippen LogP contribution in [0.5, 0.6) is 0 Å². The molecule has 0 atom stereocenters. The van der Waals surface area contributed by atoms with Crippen molar-refractivity contribution in [2.75, 3.05) is 0 Å². The summed E-state index contributed by atoms with van der Waals surface area (Å²) in [5, 5.41) is 10.9. The molecule has 0 spiro atoms. The van der Waals surface area contributed by atoms with E-state index in [1.165, 1.54) is 5.56 Å². The lowest BCUT2D eigenvalue weighted by molar-refractivity contribution is 1.14. The molecule has 1 nitrogen and oxygen atoms in total. The second-order valence-electron chi connectivity index (χ2n) is 3.33. The molecular weight excluding hydrogens is 226 g/mol.